The summed E-state index contributed by atoms with van der Waals surface area (Å²) >= 11 is 0. The second-order valence-corrected chi connectivity index (χ2v) is 15.3. The molecule has 0 aliphatic rings. The van der Waals surface area contributed by atoms with Crippen molar-refractivity contribution >= 4 is 49.6 Å². The summed E-state index contributed by atoms with van der Waals surface area (Å²) in [6, 6.07) is 87.9. The lowest BCUT2D eigenvalue weighted by atomic mass is 9.93. The minimum Gasteiger partial charge on any atom is -0.310 e. The van der Waals surface area contributed by atoms with Crippen LogP contribution in [0, 0.1) is 0 Å². The fourth-order valence-corrected chi connectivity index (χ4v) is 8.98. The highest BCUT2D eigenvalue weighted by Gasteiger charge is 2.21. The number of nitrogens with zero attached hydrogens (tertiary/aromatic N) is 2. The van der Waals surface area contributed by atoms with E-state index in [1.807, 2.05) is 0 Å². The normalized spacial score (nSPS) is 11.3. The maximum Gasteiger partial charge on any atom is 0.0619 e. The first-order chi connectivity index (χ1) is 29.8. The molecular weight excluding hydrogens is 725 g/mol. The molecule has 10 aromatic carbocycles. The Balaban J connectivity index is 1.11. The zero-order chi connectivity index (χ0) is 39.8. The average molecular weight is 765 g/mol. The Morgan fingerprint density at radius 3 is 1.65 bits per heavy atom. The molecule has 0 radical (unpaired) electrons. The van der Waals surface area contributed by atoms with Gasteiger partial charge in [0, 0.05) is 38.8 Å². The van der Waals surface area contributed by atoms with Gasteiger partial charge >= 0.3 is 0 Å². The van der Waals surface area contributed by atoms with Crippen molar-refractivity contribution in [3.63, 3.8) is 0 Å². The van der Waals surface area contributed by atoms with E-state index in [0.717, 1.165) is 28.3 Å². The van der Waals surface area contributed by atoms with Crippen molar-refractivity contribution in [2.75, 3.05) is 4.90 Å². The first-order valence-electron chi connectivity index (χ1n) is 20.6. The summed E-state index contributed by atoms with van der Waals surface area (Å²) in [5.74, 6) is 0. The van der Waals surface area contributed by atoms with Gasteiger partial charge in [0.2, 0.25) is 0 Å². The van der Waals surface area contributed by atoms with E-state index < -0.39 is 0 Å². The van der Waals surface area contributed by atoms with Crippen LogP contribution in [0.1, 0.15) is 0 Å². The van der Waals surface area contributed by atoms with Crippen molar-refractivity contribution in [3.8, 4) is 50.2 Å². The van der Waals surface area contributed by atoms with Gasteiger partial charge in [-0.2, -0.15) is 0 Å². The largest absolute Gasteiger partial charge is 0.310 e. The van der Waals surface area contributed by atoms with Crippen LogP contribution in [0.2, 0.25) is 0 Å². The molecular formula is C58H40N2. The first kappa shape index (κ1) is 35.2. The van der Waals surface area contributed by atoms with Crippen LogP contribution in [0.25, 0.3) is 82.8 Å². The molecule has 0 aliphatic carbocycles. The number of para-hydroxylation sites is 2. The van der Waals surface area contributed by atoms with Crippen molar-refractivity contribution in [2.24, 2.45) is 0 Å². The molecule has 1 aromatic heterocycles. The van der Waals surface area contributed by atoms with Gasteiger partial charge in [0.05, 0.1) is 16.7 Å². The van der Waals surface area contributed by atoms with Crippen LogP contribution in [0.15, 0.2) is 243 Å². The van der Waals surface area contributed by atoms with Gasteiger partial charge in [0.15, 0.2) is 0 Å². The number of benzene rings is 10. The highest BCUT2D eigenvalue weighted by Crippen LogP contribution is 2.45. The summed E-state index contributed by atoms with van der Waals surface area (Å²) in [5, 5.41) is 5.00. The predicted molar refractivity (Wildman–Crippen MR) is 255 cm³/mol. The minimum atomic E-state index is 1.08. The number of aromatic nitrogens is 1. The third-order valence-electron chi connectivity index (χ3n) is 11.8. The summed E-state index contributed by atoms with van der Waals surface area (Å²) in [4.78, 5) is 2.41. The third-order valence-corrected chi connectivity index (χ3v) is 11.8. The lowest BCUT2D eigenvalue weighted by Gasteiger charge is -2.29. The molecule has 0 N–H and O–H groups in total. The molecule has 11 aromatic rings. The molecule has 0 amide bonds. The van der Waals surface area contributed by atoms with E-state index in [0.29, 0.717) is 0 Å². The van der Waals surface area contributed by atoms with Gasteiger partial charge in [-0.3, -0.25) is 0 Å². The van der Waals surface area contributed by atoms with Crippen molar-refractivity contribution < 1.29 is 0 Å². The van der Waals surface area contributed by atoms with Crippen molar-refractivity contribution in [2.45, 2.75) is 0 Å². The zero-order valence-electron chi connectivity index (χ0n) is 33.0. The van der Waals surface area contributed by atoms with Gasteiger partial charge in [0.25, 0.3) is 0 Å². The molecule has 0 saturated heterocycles. The van der Waals surface area contributed by atoms with Crippen LogP contribution in [0.3, 0.4) is 0 Å². The van der Waals surface area contributed by atoms with Crippen LogP contribution in [0.5, 0.6) is 0 Å². The summed E-state index contributed by atoms with van der Waals surface area (Å²) in [7, 11) is 0. The maximum absolute atomic E-state index is 2.45. The van der Waals surface area contributed by atoms with E-state index in [1.165, 1.54) is 71.5 Å². The molecule has 0 saturated carbocycles. The topological polar surface area (TPSA) is 8.17 Å². The molecule has 282 valence electrons. The molecule has 0 spiro atoms. The Morgan fingerprint density at radius 1 is 0.300 bits per heavy atom. The highest BCUT2D eigenvalue weighted by molar-refractivity contribution is 6.18. The van der Waals surface area contributed by atoms with Crippen LogP contribution < -0.4 is 4.90 Å². The number of fused-ring (bicyclic) bond motifs is 5. The number of anilines is 3. The van der Waals surface area contributed by atoms with E-state index in [9.17, 15) is 0 Å². The van der Waals surface area contributed by atoms with Crippen LogP contribution in [-0.2, 0) is 0 Å². The van der Waals surface area contributed by atoms with Gasteiger partial charge < -0.3 is 9.47 Å². The Bertz CT molecular complexity index is 3290. The number of hydrogen-bond donors (Lipinski definition) is 0. The Hall–Kier alpha value is -7.94. The number of rotatable bonds is 8. The summed E-state index contributed by atoms with van der Waals surface area (Å²) in [5.41, 5.74) is 16.2. The maximum atomic E-state index is 2.45. The SMILES string of the molecule is c1ccc(-c2ccc(N(c3ccc(-c4cccc(-n5c6ccccc6c6ccc7ccccc7c65)c4)c(-c4ccccc4)c3)c3ccccc3-c3ccccc3)cc2)cc1. The van der Waals surface area contributed by atoms with Crippen molar-refractivity contribution in [3.05, 3.63) is 243 Å². The fraction of sp³-hybridized carbons (Fsp3) is 0. The second-order valence-electron chi connectivity index (χ2n) is 15.3. The van der Waals surface area contributed by atoms with Crippen LogP contribution in [-0.4, -0.2) is 4.57 Å². The fourth-order valence-electron chi connectivity index (χ4n) is 8.98. The lowest BCUT2D eigenvalue weighted by Crippen LogP contribution is -2.11. The molecule has 60 heavy (non-hydrogen) atoms. The lowest BCUT2D eigenvalue weighted by molar-refractivity contribution is 1.19. The molecule has 0 bridgehead atoms. The predicted octanol–water partition coefficient (Wildman–Crippen LogP) is 16.1. The second kappa shape index (κ2) is 15.1. The van der Waals surface area contributed by atoms with Gasteiger partial charge in [-0.15, -0.1) is 0 Å². The molecule has 0 fully saturated rings. The van der Waals surface area contributed by atoms with E-state index in [-0.39, 0.29) is 0 Å². The van der Waals surface area contributed by atoms with E-state index in [4.69, 9.17) is 0 Å². The molecule has 11 rings (SSSR count). The molecule has 0 atom stereocenters. The molecule has 0 unspecified atom stereocenters. The van der Waals surface area contributed by atoms with E-state index in [2.05, 4.69) is 252 Å². The number of hydrogen-bond acceptors (Lipinski definition) is 1. The Morgan fingerprint density at radius 2 is 0.883 bits per heavy atom. The first-order valence-corrected chi connectivity index (χ1v) is 20.6. The van der Waals surface area contributed by atoms with Gasteiger partial charge in [-0.05, 0) is 92.9 Å². The van der Waals surface area contributed by atoms with Gasteiger partial charge in [0.1, 0.15) is 0 Å². The molecule has 2 nitrogen and oxygen atoms in total. The summed E-state index contributed by atoms with van der Waals surface area (Å²) < 4.78 is 2.45. The zero-order valence-corrected chi connectivity index (χ0v) is 33.0. The summed E-state index contributed by atoms with van der Waals surface area (Å²) in [6.45, 7) is 0. The molecule has 0 aliphatic heterocycles. The monoisotopic (exact) mass is 764 g/mol. The minimum absolute atomic E-state index is 1.08. The quantitative estimate of drug-likeness (QED) is 0.150. The van der Waals surface area contributed by atoms with Crippen LogP contribution >= 0.6 is 0 Å². The average Bonchev–Trinajstić information content (AvgIpc) is 3.68. The highest BCUT2D eigenvalue weighted by atomic mass is 15.1. The molecule has 1 heterocycles. The van der Waals surface area contributed by atoms with Crippen molar-refractivity contribution in [1.82, 2.24) is 4.57 Å². The van der Waals surface area contributed by atoms with Gasteiger partial charge in [-0.25, -0.2) is 0 Å². The van der Waals surface area contributed by atoms with Gasteiger partial charge in [-0.1, -0.05) is 194 Å². The molecule has 2 heteroatoms. The van der Waals surface area contributed by atoms with E-state index in [1.54, 1.807) is 0 Å². The third kappa shape index (κ3) is 6.23. The van der Waals surface area contributed by atoms with E-state index >= 15 is 0 Å². The van der Waals surface area contributed by atoms with Crippen LogP contribution in [0.4, 0.5) is 17.1 Å². The summed E-state index contributed by atoms with van der Waals surface area (Å²) in [6.07, 6.45) is 0. The standard InChI is InChI=1S/C58H40N2/c1-4-17-41(18-5-1)42-31-34-47(35-32-42)59(56-29-14-12-26-51(56)43-19-6-2-7-20-43)49-36-38-50(55(40-49)44-21-8-3-9-22-44)46-24-16-25-48(39-46)60-57-30-15-13-28-53(57)54-37-33-45-23-10-11-27-52(45)58(54)60/h1-40H. The Labute approximate surface area is 350 Å². The smallest absolute Gasteiger partial charge is 0.0619 e. The Kier molecular flexibility index (Phi) is 8.87. The van der Waals surface area contributed by atoms with Crippen molar-refractivity contribution in [1.29, 1.82) is 0 Å².